The molecule has 0 amide bonds. The highest BCUT2D eigenvalue weighted by atomic mass is 35.5. The number of Topliss-reactive ketones (excluding diaryl/α,β-unsaturated/α-hetero) is 2. The van der Waals surface area contributed by atoms with Crippen LogP contribution in [0, 0.1) is 6.92 Å². The van der Waals surface area contributed by atoms with Crippen LogP contribution in [-0.2, 0) is 19.1 Å². The van der Waals surface area contributed by atoms with Crippen molar-refractivity contribution in [3.63, 3.8) is 0 Å². The number of aryl methyl sites for hydroxylation is 1. The Hall–Kier alpha value is -1.37. The molecule has 0 aromatic carbocycles. The van der Waals surface area contributed by atoms with Gasteiger partial charge < -0.3 is 9.47 Å². The van der Waals surface area contributed by atoms with Crippen LogP contribution in [0.2, 0.25) is 5.15 Å². The van der Waals surface area contributed by atoms with Crippen molar-refractivity contribution < 1.29 is 19.1 Å². The Balaban J connectivity index is 1.97. The summed E-state index contributed by atoms with van der Waals surface area (Å²) in [5.74, 6) is -1.52. The molecule has 0 N–H and O–H groups in total. The lowest BCUT2D eigenvalue weighted by Gasteiger charge is -2.13. The van der Waals surface area contributed by atoms with Gasteiger partial charge in [0.05, 0.1) is 18.9 Å². The van der Waals surface area contributed by atoms with E-state index in [1.165, 1.54) is 0 Å². The molecule has 0 bridgehead atoms. The molecule has 19 heavy (non-hydrogen) atoms. The average molecular weight is 283 g/mol. The van der Waals surface area contributed by atoms with Crippen molar-refractivity contribution in [1.82, 2.24) is 10.2 Å². The van der Waals surface area contributed by atoms with Crippen LogP contribution in [0.15, 0.2) is 6.07 Å². The number of aromatic nitrogens is 2. The lowest BCUT2D eigenvalue weighted by Crippen LogP contribution is -2.30. The van der Waals surface area contributed by atoms with Crippen LogP contribution in [0.4, 0.5) is 0 Å². The van der Waals surface area contributed by atoms with Crippen molar-refractivity contribution in [2.45, 2.75) is 25.0 Å². The first kappa shape index (κ1) is 12.7. The zero-order chi connectivity index (χ0) is 13.6. The van der Waals surface area contributed by atoms with E-state index < -0.39 is 18.1 Å². The normalized spacial score (nSPS) is 25.8. The maximum absolute atomic E-state index is 12.2. The first-order valence-electron chi connectivity index (χ1n) is 5.88. The quantitative estimate of drug-likeness (QED) is 0.576. The van der Waals surface area contributed by atoms with Crippen molar-refractivity contribution in [3.8, 4) is 0 Å². The molecule has 2 fully saturated rings. The SMILES string of the molecule is Cc1cc(Cl)nnc1C(C(=O)C1CO1)C(=O)C1CO1. The fourth-order valence-electron chi connectivity index (χ4n) is 1.95. The fraction of sp³-hybridized carbons (Fsp3) is 0.500. The van der Waals surface area contributed by atoms with Gasteiger partial charge in [-0.1, -0.05) is 11.6 Å². The number of nitrogens with zero attached hydrogens (tertiary/aromatic N) is 2. The highest BCUT2D eigenvalue weighted by Crippen LogP contribution is 2.30. The summed E-state index contributed by atoms with van der Waals surface area (Å²) in [6, 6.07) is 1.58. The first-order valence-corrected chi connectivity index (χ1v) is 6.26. The Morgan fingerprint density at radius 1 is 1.26 bits per heavy atom. The Bertz CT molecular complexity index is 531. The number of carbonyl (C=O) groups is 2. The lowest BCUT2D eigenvalue weighted by molar-refractivity contribution is -0.130. The van der Waals surface area contributed by atoms with Gasteiger partial charge in [-0.15, -0.1) is 5.10 Å². The van der Waals surface area contributed by atoms with E-state index >= 15 is 0 Å². The summed E-state index contributed by atoms with van der Waals surface area (Å²) in [6.45, 7) is 2.45. The summed E-state index contributed by atoms with van der Waals surface area (Å²) in [6.07, 6.45) is -1.02. The second kappa shape index (κ2) is 4.63. The van der Waals surface area contributed by atoms with Crippen LogP contribution < -0.4 is 0 Å². The average Bonchev–Trinajstić information content (AvgIpc) is 3.24. The third-order valence-corrected chi connectivity index (χ3v) is 3.32. The number of epoxide rings is 2. The molecule has 100 valence electrons. The molecule has 3 heterocycles. The number of ether oxygens (including phenoxy) is 2. The van der Waals surface area contributed by atoms with Gasteiger partial charge in [0, 0.05) is 0 Å². The van der Waals surface area contributed by atoms with E-state index in [0.29, 0.717) is 24.5 Å². The van der Waals surface area contributed by atoms with Gasteiger partial charge in [0.25, 0.3) is 0 Å². The minimum Gasteiger partial charge on any atom is -0.365 e. The van der Waals surface area contributed by atoms with Gasteiger partial charge in [0.1, 0.15) is 18.1 Å². The molecule has 7 heteroatoms. The topological polar surface area (TPSA) is 85.0 Å². The van der Waals surface area contributed by atoms with Crippen LogP contribution in [0.3, 0.4) is 0 Å². The van der Waals surface area contributed by atoms with Crippen molar-refractivity contribution in [1.29, 1.82) is 0 Å². The van der Waals surface area contributed by atoms with E-state index in [9.17, 15) is 9.59 Å². The molecular weight excluding hydrogens is 272 g/mol. The molecule has 0 saturated carbocycles. The zero-order valence-electron chi connectivity index (χ0n) is 10.1. The number of ketones is 2. The van der Waals surface area contributed by atoms with E-state index in [0.717, 1.165) is 0 Å². The van der Waals surface area contributed by atoms with Gasteiger partial charge >= 0.3 is 0 Å². The Morgan fingerprint density at radius 2 is 1.79 bits per heavy atom. The number of carbonyl (C=O) groups excluding carboxylic acids is 2. The summed E-state index contributed by atoms with van der Waals surface area (Å²) in [5, 5.41) is 7.85. The standard InChI is InChI=1S/C12H11ClN2O4/c1-5-2-8(13)14-15-10(5)9(11(16)6-3-18-6)12(17)7-4-19-7/h2,6-7,9H,3-4H2,1H3. The number of hydrogen-bond donors (Lipinski definition) is 0. The highest BCUT2D eigenvalue weighted by molar-refractivity contribution is 6.29. The Labute approximate surface area is 114 Å². The summed E-state index contributed by atoms with van der Waals surface area (Å²) < 4.78 is 9.94. The molecule has 2 atom stereocenters. The highest BCUT2D eigenvalue weighted by Gasteiger charge is 2.47. The number of rotatable bonds is 5. The first-order chi connectivity index (χ1) is 9.08. The van der Waals surface area contributed by atoms with Gasteiger partial charge in [0.15, 0.2) is 16.7 Å². The number of halogens is 1. The monoisotopic (exact) mass is 282 g/mol. The van der Waals surface area contributed by atoms with Gasteiger partial charge in [-0.3, -0.25) is 9.59 Å². The third-order valence-electron chi connectivity index (χ3n) is 3.14. The molecule has 2 saturated heterocycles. The molecule has 0 radical (unpaired) electrons. The van der Waals surface area contributed by atoms with E-state index in [2.05, 4.69) is 10.2 Å². The molecule has 1 aromatic rings. The molecular formula is C12H11ClN2O4. The minimum absolute atomic E-state index is 0.227. The summed E-state index contributed by atoms with van der Waals surface area (Å²) in [4.78, 5) is 24.4. The van der Waals surface area contributed by atoms with E-state index in [4.69, 9.17) is 21.1 Å². The summed E-state index contributed by atoms with van der Waals surface area (Å²) >= 11 is 5.74. The zero-order valence-corrected chi connectivity index (χ0v) is 10.9. The lowest BCUT2D eigenvalue weighted by atomic mass is 9.89. The van der Waals surface area contributed by atoms with Gasteiger partial charge in [-0.2, -0.15) is 5.10 Å². The molecule has 1 aromatic heterocycles. The van der Waals surface area contributed by atoms with Crippen LogP contribution in [-0.4, -0.2) is 47.2 Å². The molecule has 2 aliphatic heterocycles. The minimum atomic E-state index is -0.968. The second-order valence-electron chi connectivity index (χ2n) is 4.62. The molecule has 2 unspecified atom stereocenters. The van der Waals surface area contributed by atoms with Crippen molar-refractivity contribution in [2.24, 2.45) is 0 Å². The van der Waals surface area contributed by atoms with Crippen LogP contribution >= 0.6 is 11.6 Å². The summed E-state index contributed by atoms with van der Waals surface area (Å²) in [7, 11) is 0. The third kappa shape index (κ3) is 2.51. The maximum atomic E-state index is 12.2. The fourth-order valence-corrected chi connectivity index (χ4v) is 2.16. The predicted molar refractivity (Wildman–Crippen MR) is 64.0 cm³/mol. The van der Waals surface area contributed by atoms with Crippen LogP contribution in [0.5, 0.6) is 0 Å². The van der Waals surface area contributed by atoms with Gasteiger partial charge in [-0.05, 0) is 18.6 Å². The van der Waals surface area contributed by atoms with Crippen LogP contribution in [0.25, 0.3) is 0 Å². The Morgan fingerprint density at radius 3 is 2.21 bits per heavy atom. The molecule has 0 spiro atoms. The predicted octanol–water partition coefficient (Wildman–Crippen LogP) is 0.458. The maximum Gasteiger partial charge on any atom is 0.180 e. The van der Waals surface area contributed by atoms with E-state index in [1.807, 2.05) is 0 Å². The van der Waals surface area contributed by atoms with Crippen LogP contribution in [0.1, 0.15) is 17.2 Å². The largest absolute Gasteiger partial charge is 0.365 e. The van der Waals surface area contributed by atoms with Crippen molar-refractivity contribution in [2.75, 3.05) is 13.2 Å². The van der Waals surface area contributed by atoms with Crippen molar-refractivity contribution in [3.05, 3.63) is 22.5 Å². The molecule has 3 rings (SSSR count). The molecule has 2 aliphatic rings. The number of hydrogen-bond acceptors (Lipinski definition) is 6. The van der Waals surface area contributed by atoms with E-state index in [1.54, 1.807) is 13.0 Å². The molecule has 0 aliphatic carbocycles. The summed E-state index contributed by atoms with van der Waals surface area (Å²) in [5.41, 5.74) is 0.999. The van der Waals surface area contributed by atoms with Gasteiger partial charge in [-0.25, -0.2) is 0 Å². The van der Waals surface area contributed by atoms with E-state index in [-0.39, 0.29) is 16.7 Å². The second-order valence-corrected chi connectivity index (χ2v) is 5.00. The Kier molecular flexibility index (Phi) is 3.08. The van der Waals surface area contributed by atoms with Gasteiger partial charge in [0.2, 0.25) is 0 Å². The molecule has 6 nitrogen and oxygen atoms in total. The van der Waals surface area contributed by atoms with Crippen molar-refractivity contribution >= 4 is 23.2 Å². The smallest absolute Gasteiger partial charge is 0.180 e.